The monoisotopic (exact) mass is 561 g/mol. The minimum Gasteiger partial charge on any atom is -0.341 e. The SMILES string of the molecule is N#Cc1cc(C[C@H](NS(=O)(=O)c2ccccc2)c2ncc(-c3ccccc3)[nH]2)ccc1C1CC(=O)NS1(=O)=O. The van der Waals surface area contributed by atoms with Gasteiger partial charge in [0.25, 0.3) is 0 Å². The molecule has 5 rings (SSSR count). The first-order chi connectivity index (χ1) is 18.7. The number of sulfonamides is 2. The van der Waals surface area contributed by atoms with Gasteiger partial charge < -0.3 is 4.98 Å². The summed E-state index contributed by atoms with van der Waals surface area (Å²) >= 11 is 0. The lowest BCUT2D eigenvalue weighted by Gasteiger charge is -2.18. The molecular weight excluding hydrogens is 538 g/mol. The van der Waals surface area contributed by atoms with Crippen molar-refractivity contribution in [2.45, 2.75) is 29.0 Å². The van der Waals surface area contributed by atoms with E-state index in [1.165, 1.54) is 24.3 Å². The number of hydrogen-bond acceptors (Lipinski definition) is 7. The van der Waals surface area contributed by atoms with E-state index in [-0.39, 0.29) is 28.9 Å². The first-order valence-corrected chi connectivity index (χ1v) is 14.9. The van der Waals surface area contributed by atoms with Crippen LogP contribution in [0.1, 0.15) is 40.2 Å². The summed E-state index contributed by atoms with van der Waals surface area (Å²) in [6.07, 6.45) is 1.45. The minimum absolute atomic E-state index is 0.0847. The Bertz CT molecular complexity index is 1780. The van der Waals surface area contributed by atoms with Gasteiger partial charge in [-0.05, 0) is 41.3 Å². The molecule has 3 aromatic carbocycles. The Morgan fingerprint density at radius 2 is 1.74 bits per heavy atom. The van der Waals surface area contributed by atoms with E-state index in [0.29, 0.717) is 17.1 Å². The van der Waals surface area contributed by atoms with Gasteiger partial charge in [-0.15, -0.1) is 0 Å². The molecule has 12 heteroatoms. The molecule has 1 fully saturated rings. The quantitative estimate of drug-likeness (QED) is 0.298. The minimum atomic E-state index is -3.94. The molecule has 1 saturated heterocycles. The third kappa shape index (κ3) is 5.61. The molecule has 0 spiro atoms. The number of nitriles is 1. The number of imidazole rings is 1. The number of amides is 1. The molecule has 3 N–H and O–H groups in total. The molecule has 0 saturated carbocycles. The summed E-state index contributed by atoms with van der Waals surface area (Å²) in [5.41, 5.74) is 2.45. The van der Waals surface area contributed by atoms with Crippen molar-refractivity contribution in [3.05, 3.63) is 108 Å². The number of aromatic amines is 1. The normalized spacial score (nSPS) is 17.3. The van der Waals surface area contributed by atoms with Crippen LogP contribution in [0.2, 0.25) is 0 Å². The second-order valence-electron chi connectivity index (χ2n) is 9.04. The fourth-order valence-electron chi connectivity index (χ4n) is 4.50. The average Bonchev–Trinajstić information content (AvgIpc) is 3.53. The molecule has 0 bridgehead atoms. The summed E-state index contributed by atoms with van der Waals surface area (Å²) in [6, 6.07) is 23.2. The highest BCUT2D eigenvalue weighted by Crippen LogP contribution is 2.33. The number of nitrogens with zero attached hydrogens (tertiary/aromatic N) is 2. The summed E-state index contributed by atoms with van der Waals surface area (Å²) in [5, 5.41) is 8.61. The molecule has 1 amide bonds. The van der Waals surface area contributed by atoms with Gasteiger partial charge >= 0.3 is 0 Å². The predicted molar refractivity (Wildman–Crippen MR) is 143 cm³/mol. The summed E-state index contributed by atoms with van der Waals surface area (Å²) < 4.78 is 55.9. The van der Waals surface area contributed by atoms with Crippen molar-refractivity contribution in [1.29, 1.82) is 5.26 Å². The van der Waals surface area contributed by atoms with Crippen molar-refractivity contribution in [1.82, 2.24) is 19.4 Å². The molecule has 0 aliphatic carbocycles. The maximum atomic E-state index is 13.2. The van der Waals surface area contributed by atoms with Gasteiger partial charge in [-0.2, -0.15) is 5.26 Å². The van der Waals surface area contributed by atoms with Crippen molar-refractivity contribution in [3.8, 4) is 17.3 Å². The van der Waals surface area contributed by atoms with E-state index in [2.05, 4.69) is 14.7 Å². The largest absolute Gasteiger partial charge is 0.341 e. The fraction of sp³-hybridized carbons (Fsp3) is 0.148. The maximum absolute atomic E-state index is 13.2. The van der Waals surface area contributed by atoms with Crippen LogP contribution in [0.5, 0.6) is 0 Å². The topological polar surface area (TPSA) is 162 Å². The summed E-state index contributed by atoms with van der Waals surface area (Å²) in [7, 11) is -7.88. The third-order valence-electron chi connectivity index (χ3n) is 6.39. The smallest absolute Gasteiger partial charge is 0.242 e. The van der Waals surface area contributed by atoms with Crippen LogP contribution in [0.4, 0.5) is 0 Å². The molecule has 1 aliphatic rings. The van der Waals surface area contributed by atoms with Crippen LogP contribution in [0, 0.1) is 11.3 Å². The molecule has 1 unspecified atom stereocenters. The van der Waals surface area contributed by atoms with Crippen LogP contribution in [-0.2, 0) is 31.3 Å². The first kappa shape index (κ1) is 26.3. The Labute approximate surface area is 225 Å². The summed E-state index contributed by atoms with van der Waals surface area (Å²) in [4.78, 5) is 19.4. The molecule has 1 aromatic heterocycles. The number of nitrogens with one attached hydrogen (secondary N) is 3. The van der Waals surface area contributed by atoms with Crippen LogP contribution < -0.4 is 9.44 Å². The zero-order chi connectivity index (χ0) is 27.6. The first-order valence-electron chi connectivity index (χ1n) is 11.9. The van der Waals surface area contributed by atoms with Gasteiger partial charge in [0.15, 0.2) is 0 Å². The highest BCUT2D eigenvalue weighted by Gasteiger charge is 2.39. The molecule has 10 nitrogen and oxygen atoms in total. The lowest BCUT2D eigenvalue weighted by molar-refractivity contribution is -0.118. The van der Waals surface area contributed by atoms with Crippen molar-refractivity contribution < 1.29 is 21.6 Å². The van der Waals surface area contributed by atoms with Crippen molar-refractivity contribution in [2.75, 3.05) is 0 Å². The Kier molecular flexibility index (Phi) is 7.05. The van der Waals surface area contributed by atoms with Crippen molar-refractivity contribution in [2.24, 2.45) is 0 Å². The van der Waals surface area contributed by atoms with Gasteiger partial charge in [-0.1, -0.05) is 60.7 Å². The van der Waals surface area contributed by atoms with Crippen molar-refractivity contribution in [3.63, 3.8) is 0 Å². The molecule has 39 heavy (non-hydrogen) atoms. The van der Waals surface area contributed by atoms with E-state index in [9.17, 15) is 26.9 Å². The summed E-state index contributed by atoms with van der Waals surface area (Å²) in [6.45, 7) is 0. The number of benzene rings is 3. The van der Waals surface area contributed by atoms with E-state index in [1.807, 2.05) is 41.1 Å². The van der Waals surface area contributed by atoms with E-state index in [0.717, 1.165) is 5.56 Å². The van der Waals surface area contributed by atoms with Crippen LogP contribution in [0.15, 0.2) is 90.0 Å². The maximum Gasteiger partial charge on any atom is 0.242 e. The lowest BCUT2D eigenvalue weighted by Crippen LogP contribution is -2.31. The standard InChI is InChI=1S/C27H23N5O5S2/c28-16-20-13-18(11-12-22(20)25-15-26(33)32-39(25,36)37)14-23(31-38(34,35)21-9-5-2-6-10-21)27-29-17-24(30-27)19-7-3-1-4-8-19/h1-13,17,23,25,31H,14-15H2,(H,29,30)(H,32,33)/t23-,25?/m0/s1. The Hall–Kier alpha value is -4.31. The van der Waals surface area contributed by atoms with E-state index in [4.69, 9.17) is 0 Å². The van der Waals surface area contributed by atoms with E-state index < -0.39 is 37.2 Å². The van der Waals surface area contributed by atoms with Gasteiger partial charge in [0, 0.05) is 0 Å². The molecule has 1 aliphatic heterocycles. The van der Waals surface area contributed by atoms with Gasteiger partial charge in [0.1, 0.15) is 11.1 Å². The van der Waals surface area contributed by atoms with Crippen LogP contribution in [0.25, 0.3) is 11.3 Å². The lowest BCUT2D eigenvalue weighted by atomic mass is 9.97. The Morgan fingerprint density at radius 1 is 1.05 bits per heavy atom. The van der Waals surface area contributed by atoms with Gasteiger partial charge in [0.2, 0.25) is 26.0 Å². The molecule has 2 heterocycles. The van der Waals surface area contributed by atoms with Crippen LogP contribution >= 0.6 is 0 Å². The van der Waals surface area contributed by atoms with E-state index in [1.54, 1.807) is 30.5 Å². The highest BCUT2D eigenvalue weighted by molar-refractivity contribution is 7.90. The van der Waals surface area contributed by atoms with Gasteiger partial charge in [0.05, 0.1) is 40.9 Å². The Balaban J connectivity index is 1.50. The van der Waals surface area contributed by atoms with Crippen molar-refractivity contribution >= 4 is 26.0 Å². The van der Waals surface area contributed by atoms with Crippen LogP contribution in [-0.4, -0.2) is 32.7 Å². The number of hydrogen-bond donors (Lipinski definition) is 3. The number of carbonyl (C=O) groups is 1. The zero-order valence-corrected chi connectivity index (χ0v) is 22.0. The molecule has 0 radical (unpaired) electrons. The summed E-state index contributed by atoms with van der Waals surface area (Å²) in [5.74, 6) is -0.264. The second-order valence-corrected chi connectivity index (χ2v) is 12.6. The van der Waals surface area contributed by atoms with Gasteiger partial charge in [-0.3, -0.25) is 9.52 Å². The number of rotatable bonds is 8. The molecule has 4 aromatic rings. The average molecular weight is 562 g/mol. The molecule has 2 atom stereocenters. The fourth-order valence-corrected chi connectivity index (χ4v) is 7.17. The number of H-pyrrole nitrogens is 1. The second kappa shape index (κ2) is 10.5. The predicted octanol–water partition coefficient (Wildman–Crippen LogP) is 3.10. The Morgan fingerprint density at radius 3 is 2.38 bits per heavy atom. The number of aromatic nitrogens is 2. The highest BCUT2D eigenvalue weighted by atomic mass is 32.2. The third-order valence-corrected chi connectivity index (χ3v) is 9.56. The van der Waals surface area contributed by atoms with Gasteiger partial charge in [-0.25, -0.2) is 26.5 Å². The number of carbonyl (C=O) groups excluding carboxylic acids is 1. The zero-order valence-electron chi connectivity index (χ0n) is 20.4. The van der Waals surface area contributed by atoms with Crippen LogP contribution in [0.3, 0.4) is 0 Å². The molecular formula is C27H23N5O5S2. The molecule has 198 valence electrons. The van der Waals surface area contributed by atoms with E-state index >= 15 is 0 Å².